The molecule has 0 amide bonds. The summed E-state index contributed by atoms with van der Waals surface area (Å²) < 4.78 is 4.79. The zero-order valence-electron chi connectivity index (χ0n) is 8.86. The van der Waals surface area contributed by atoms with Crippen molar-refractivity contribution in [3.63, 3.8) is 0 Å². The summed E-state index contributed by atoms with van der Waals surface area (Å²) in [4.78, 5) is 11.6. The lowest BCUT2D eigenvalue weighted by Gasteiger charge is -2.06. The molecule has 2 aromatic rings. The van der Waals surface area contributed by atoms with Crippen LogP contribution in [0.3, 0.4) is 0 Å². The minimum Gasteiger partial charge on any atom is -0.465 e. The molecule has 2 aromatic carbocycles. The van der Waals surface area contributed by atoms with E-state index in [1.807, 2.05) is 24.3 Å². The van der Waals surface area contributed by atoms with Crippen LogP contribution in [0.4, 0.5) is 0 Å². The molecule has 0 unspecified atom stereocenters. The minimum atomic E-state index is -0.282. The van der Waals surface area contributed by atoms with E-state index in [1.165, 1.54) is 18.2 Å². The van der Waals surface area contributed by atoms with E-state index in [9.17, 15) is 4.79 Å². The van der Waals surface area contributed by atoms with Gasteiger partial charge in [0, 0.05) is 0 Å². The van der Waals surface area contributed by atoms with E-state index in [2.05, 4.69) is 18.2 Å². The van der Waals surface area contributed by atoms with Crippen LogP contribution in [0, 0.1) is 0 Å². The maximum atomic E-state index is 11.6. The van der Waals surface area contributed by atoms with Crippen LogP contribution in [0.5, 0.6) is 0 Å². The van der Waals surface area contributed by atoms with E-state index in [-0.39, 0.29) is 5.97 Å². The van der Waals surface area contributed by atoms with Crippen LogP contribution < -0.4 is 0 Å². The average Bonchev–Trinajstić information content (AvgIpc) is 2.74. The SMILES string of the molecule is COC(=O)c1ccc2c3c(cccc13)C=C2. The van der Waals surface area contributed by atoms with Crippen LogP contribution >= 0.6 is 0 Å². The van der Waals surface area contributed by atoms with Gasteiger partial charge >= 0.3 is 5.97 Å². The molecule has 3 rings (SSSR count). The Morgan fingerprint density at radius 1 is 1.06 bits per heavy atom. The Morgan fingerprint density at radius 3 is 2.56 bits per heavy atom. The van der Waals surface area contributed by atoms with E-state index in [0.29, 0.717) is 5.56 Å². The molecule has 0 spiro atoms. The lowest BCUT2D eigenvalue weighted by molar-refractivity contribution is 0.0603. The van der Waals surface area contributed by atoms with Gasteiger partial charge in [-0.1, -0.05) is 36.4 Å². The van der Waals surface area contributed by atoms with Crippen molar-refractivity contribution >= 4 is 28.9 Å². The van der Waals surface area contributed by atoms with Crippen LogP contribution in [-0.4, -0.2) is 13.1 Å². The van der Waals surface area contributed by atoms with Crippen LogP contribution in [-0.2, 0) is 4.74 Å². The van der Waals surface area contributed by atoms with Gasteiger partial charge in [0.15, 0.2) is 0 Å². The maximum Gasteiger partial charge on any atom is 0.338 e. The van der Waals surface area contributed by atoms with Crippen molar-refractivity contribution in [3.05, 3.63) is 47.0 Å². The van der Waals surface area contributed by atoms with Crippen molar-refractivity contribution in [2.75, 3.05) is 7.11 Å². The third-order valence-corrected chi connectivity index (χ3v) is 2.95. The predicted molar refractivity (Wildman–Crippen MR) is 64.2 cm³/mol. The van der Waals surface area contributed by atoms with Crippen LogP contribution in [0.2, 0.25) is 0 Å². The Balaban J connectivity index is 2.40. The molecular weight excluding hydrogens is 200 g/mol. The van der Waals surface area contributed by atoms with Crippen LogP contribution in [0.15, 0.2) is 30.3 Å². The first kappa shape index (κ1) is 9.16. The molecule has 0 N–H and O–H groups in total. The Hall–Kier alpha value is -2.09. The summed E-state index contributed by atoms with van der Waals surface area (Å²) in [6.07, 6.45) is 4.14. The van der Waals surface area contributed by atoms with Gasteiger partial charge in [0.1, 0.15) is 0 Å². The van der Waals surface area contributed by atoms with E-state index >= 15 is 0 Å². The van der Waals surface area contributed by atoms with Gasteiger partial charge in [-0.05, 0) is 28.0 Å². The molecule has 0 aliphatic heterocycles. The smallest absolute Gasteiger partial charge is 0.338 e. The zero-order valence-corrected chi connectivity index (χ0v) is 8.86. The molecule has 1 aliphatic carbocycles. The molecule has 0 saturated carbocycles. The Bertz CT molecular complexity index is 612. The quantitative estimate of drug-likeness (QED) is 0.577. The zero-order chi connectivity index (χ0) is 11.1. The van der Waals surface area contributed by atoms with Crippen molar-refractivity contribution in [1.29, 1.82) is 0 Å². The third kappa shape index (κ3) is 1.10. The van der Waals surface area contributed by atoms with Gasteiger partial charge in [0.2, 0.25) is 0 Å². The molecule has 2 heteroatoms. The fourth-order valence-corrected chi connectivity index (χ4v) is 2.21. The molecule has 0 aromatic heterocycles. The van der Waals surface area contributed by atoms with Crippen molar-refractivity contribution in [2.24, 2.45) is 0 Å². The number of hydrogen-bond donors (Lipinski definition) is 0. The fourth-order valence-electron chi connectivity index (χ4n) is 2.21. The summed E-state index contributed by atoms with van der Waals surface area (Å²) in [6.45, 7) is 0. The topological polar surface area (TPSA) is 26.3 Å². The van der Waals surface area contributed by atoms with Crippen molar-refractivity contribution in [3.8, 4) is 0 Å². The van der Waals surface area contributed by atoms with Crippen LogP contribution in [0.25, 0.3) is 22.9 Å². The monoisotopic (exact) mass is 210 g/mol. The van der Waals surface area contributed by atoms with Gasteiger partial charge in [-0.2, -0.15) is 0 Å². The van der Waals surface area contributed by atoms with Gasteiger partial charge in [0.25, 0.3) is 0 Å². The van der Waals surface area contributed by atoms with E-state index in [0.717, 1.165) is 10.8 Å². The fraction of sp³-hybridized carbons (Fsp3) is 0.0714. The van der Waals surface area contributed by atoms with Crippen LogP contribution in [0.1, 0.15) is 21.5 Å². The molecule has 1 aliphatic rings. The van der Waals surface area contributed by atoms with Gasteiger partial charge in [-0.25, -0.2) is 4.79 Å². The molecule has 0 saturated heterocycles. The number of hydrogen-bond acceptors (Lipinski definition) is 2. The van der Waals surface area contributed by atoms with Gasteiger partial charge < -0.3 is 4.74 Å². The first-order chi connectivity index (χ1) is 7.81. The first-order valence-corrected chi connectivity index (χ1v) is 5.13. The number of benzene rings is 2. The third-order valence-electron chi connectivity index (χ3n) is 2.95. The number of carbonyl (C=O) groups is 1. The molecule has 78 valence electrons. The Kier molecular flexibility index (Phi) is 1.83. The number of methoxy groups -OCH3 is 1. The number of ether oxygens (including phenoxy) is 1. The summed E-state index contributed by atoms with van der Waals surface area (Å²) >= 11 is 0. The summed E-state index contributed by atoms with van der Waals surface area (Å²) in [5, 5.41) is 2.11. The average molecular weight is 210 g/mol. The van der Waals surface area contributed by atoms with Crippen molar-refractivity contribution in [2.45, 2.75) is 0 Å². The number of esters is 1. The lowest BCUT2D eigenvalue weighted by atomic mass is 9.99. The van der Waals surface area contributed by atoms with Gasteiger partial charge in [-0.15, -0.1) is 0 Å². The normalized spacial score (nSPS) is 12.1. The molecule has 0 bridgehead atoms. The lowest BCUT2D eigenvalue weighted by Crippen LogP contribution is -2.02. The highest BCUT2D eigenvalue weighted by molar-refractivity contribution is 6.12. The first-order valence-electron chi connectivity index (χ1n) is 5.13. The van der Waals surface area contributed by atoms with E-state index < -0.39 is 0 Å². The highest BCUT2D eigenvalue weighted by Gasteiger charge is 2.15. The highest BCUT2D eigenvalue weighted by atomic mass is 16.5. The number of carbonyl (C=O) groups excluding carboxylic acids is 1. The molecule has 0 heterocycles. The van der Waals surface area contributed by atoms with Crippen molar-refractivity contribution in [1.82, 2.24) is 0 Å². The van der Waals surface area contributed by atoms with Gasteiger partial charge in [0.05, 0.1) is 12.7 Å². The largest absolute Gasteiger partial charge is 0.465 e. The van der Waals surface area contributed by atoms with E-state index in [4.69, 9.17) is 4.74 Å². The molecule has 16 heavy (non-hydrogen) atoms. The minimum absolute atomic E-state index is 0.282. The maximum absolute atomic E-state index is 11.6. The number of rotatable bonds is 1. The Morgan fingerprint density at radius 2 is 1.81 bits per heavy atom. The predicted octanol–water partition coefficient (Wildman–Crippen LogP) is 3.11. The molecule has 2 nitrogen and oxygen atoms in total. The Labute approximate surface area is 93.2 Å². The van der Waals surface area contributed by atoms with E-state index in [1.54, 1.807) is 0 Å². The molecular formula is C14H10O2. The molecule has 0 fully saturated rings. The second-order valence-corrected chi connectivity index (χ2v) is 3.80. The molecule has 0 atom stereocenters. The summed E-state index contributed by atoms with van der Waals surface area (Å²) in [5.41, 5.74) is 2.96. The summed E-state index contributed by atoms with van der Waals surface area (Å²) in [6, 6.07) is 9.76. The van der Waals surface area contributed by atoms with Crippen molar-refractivity contribution < 1.29 is 9.53 Å². The summed E-state index contributed by atoms with van der Waals surface area (Å²) in [5.74, 6) is -0.282. The summed E-state index contributed by atoms with van der Waals surface area (Å²) in [7, 11) is 1.41. The second kappa shape index (κ2) is 3.20. The molecule has 0 radical (unpaired) electrons. The second-order valence-electron chi connectivity index (χ2n) is 3.80. The van der Waals surface area contributed by atoms with Gasteiger partial charge in [-0.3, -0.25) is 0 Å². The highest BCUT2D eigenvalue weighted by Crippen LogP contribution is 2.33. The standard InChI is InChI=1S/C14H10O2/c1-16-14(15)12-8-7-10-6-5-9-3-2-4-11(12)13(9)10/h2-8H,1H3.